The van der Waals surface area contributed by atoms with Crippen LogP contribution in [-0.2, 0) is 4.43 Å². The largest absolute Gasteiger partial charge is 0.410 e. The molecule has 28 heavy (non-hydrogen) atoms. The molecule has 5 heteroatoms. The maximum Gasteiger partial charge on any atom is 0.192 e. The lowest BCUT2D eigenvalue weighted by atomic mass is 10.0. The lowest BCUT2D eigenvalue weighted by molar-refractivity contribution is 0.170. The molecule has 2 rings (SSSR count). The van der Waals surface area contributed by atoms with Crippen LogP contribution in [0.5, 0.6) is 0 Å². The van der Waals surface area contributed by atoms with Gasteiger partial charge in [-0.2, -0.15) is 0 Å². The van der Waals surface area contributed by atoms with E-state index < -0.39 is 8.32 Å². The van der Waals surface area contributed by atoms with Crippen molar-refractivity contribution in [3.05, 3.63) is 88.3 Å². The van der Waals surface area contributed by atoms with E-state index in [1.165, 1.54) is 0 Å². The fourth-order valence-electron chi connectivity index (χ4n) is 2.69. The van der Waals surface area contributed by atoms with Gasteiger partial charge in [-0.1, -0.05) is 98.7 Å². The standard InChI is InChI=1S/C23H31N3OSi/c1-23(2,3)28(4,5)27-22(20-14-10-7-11-15-20)18-21(25-26-24)17-16-19-12-8-6-9-13-19/h6-17,21-22H,18H2,1-5H3/b17-16+/t21-,22-/m0/s1. The minimum absolute atomic E-state index is 0.105. The van der Waals surface area contributed by atoms with Crippen molar-refractivity contribution in [2.45, 2.75) is 57.5 Å². The molecule has 0 aliphatic carbocycles. The average Bonchev–Trinajstić information content (AvgIpc) is 2.66. The van der Waals surface area contributed by atoms with Crippen LogP contribution in [0.25, 0.3) is 16.5 Å². The van der Waals surface area contributed by atoms with Gasteiger partial charge in [0.2, 0.25) is 0 Å². The monoisotopic (exact) mass is 393 g/mol. The normalized spacial score (nSPS) is 14.5. The minimum Gasteiger partial charge on any atom is -0.410 e. The number of nitrogens with zero attached hydrogens (tertiary/aromatic N) is 3. The first-order chi connectivity index (χ1) is 13.2. The first kappa shape index (κ1) is 22.0. The number of azide groups is 1. The first-order valence-corrected chi connectivity index (χ1v) is 12.6. The zero-order chi connectivity index (χ0) is 20.6. The van der Waals surface area contributed by atoms with Gasteiger partial charge in [-0.3, -0.25) is 0 Å². The zero-order valence-corrected chi connectivity index (χ0v) is 18.5. The van der Waals surface area contributed by atoms with E-state index >= 15 is 0 Å². The topological polar surface area (TPSA) is 58.0 Å². The van der Waals surface area contributed by atoms with Crippen LogP contribution in [0.3, 0.4) is 0 Å². The van der Waals surface area contributed by atoms with Crippen LogP contribution >= 0.6 is 0 Å². The summed E-state index contributed by atoms with van der Waals surface area (Å²) in [5.41, 5.74) is 11.3. The van der Waals surface area contributed by atoms with E-state index in [1.807, 2.05) is 60.7 Å². The molecular weight excluding hydrogens is 362 g/mol. The van der Waals surface area contributed by atoms with Crippen LogP contribution < -0.4 is 0 Å². The molecule has 0 N–H and O–H groups in total. The van der Waals surface area contributed by atoms with Gasteiger partial charge < -0.3 is 4.43 Å². The maximum atomic E-state index is 9.07. The predicted octanol–water partition coefficient (Wildman–Crippen LogP) is 7.53. The lowest BCUT2D eigenvalue weighted by Gasteiger charge is -2.40. The smallest absolute Gasteiger partial charge is 0.192 e. The Morgan fingerprint density at radius 3 is 2.14 bits per heavy atom. The third kappa shape index (κ3) is 6.38. The van der Waals surface area contributed by atoms with E-state index in [0.717, 1.165) is 11.1 Å². The highest BCUT2D eigenvalue weighted by molar-refractivity contribution is 6.74. The third-order valence-electron chi connectivity index (χ3n) is 5.38. The first-order valence-electron chi connectivity index (χ1n) is 9.73. The van der Waals surface area contributed by atoms with Crippen molar-refractivity contribution in [1.82, 2.24) is 0 Å². The van der Waals surface area contributed by atoms with Crippen molar-refractivity contribution in [2.75, 3.05) is 0 Å². The molecule has 0 aromatic heterocycles. The highest BCUT2D eigenvalue weighted by atomic mass is 28.4. The van der Waals surface area contributed by atoms with Crippen LogP contribution in [0.1, 0.15) is 44.4 Å². The van der Waals surface area contributed by atoms with Gasteiger partial charge in [-0.25, -0.2) is 0 Å². The SMILES string of the molecule is CC(C)(C)[Si](C)(C)O[C@@H](C[C@H](/C=C/c1ccccc1)N=[N+]=[N-])c1ccccc1. The Morgan fingerprint density at radius 2 is 1.61 bits per heavy atom. The van der Waals surface area contributed by atoms with E-state index in [9.17, 15) is 0 Å². The second-order valence-electron chi connectivity index (χ2n) is 8.56. The van der Waals surface area contributed by atoms with Crippen molar-refractivity contribution in [2.24, 2.45) is 5.11 Å². The van der Waals surface area contributed by atoms with Crippen LogP contribution in [0, 0.1) is 0 Å². The molecule has 0 saturated heterocycles. The summed E-state index contributed by atoms with van der Waals surface area (Å²) in [6.45, 7) is 11.2. The fraction of sp³-hybridized carbons (Fsp3) is 0.391. The molecule has 0 fully saturated rings. The van der Waals surface area contributed by atoms with Crippen LogP contribution in [-0.4, -0.2) is 14.4 Å². The lowest BCUT2D eigenvalue weighted by Crippen LogP contribution is -2.42. The number of rotatable bonds is 8. The summed E-state index contributed by atoms with van der Waals surface area (Å²) in [4.78, 5) is 3.07. The molecule has 0 radical (unpaired) electrons. The van der Waals surface area contributed by atoms with E-state index in [1.54, 1.807) is 0 Å². The Kier molecular flexibility index (Phi) is 7.64. The third-order valence-corrected chi connectivity index (χ3v) is 9.87. The molecule has 2 aromatic carbocycles. The van der Waals surface area contributed by atoms with E-state index in [4.69, 9.17) is 9.96 Å². The second-order valence-corrected chi connectivity index (χ2v) is 13.3. The van der Waals surface area contributed by atoms with Crippen molar-refractivity contribution < 1.29 is 4.43 Å². The summed E-state index contributed by atoms with van der Waals surface area (Å²) in [6, 6.07) is 20.0. The van der Waals surface area contributed by atoms with Crippen LogP contribution in [0.2, 0.25) is 18.1 Å². The molecular formula is C23H31N3OSi. The molecule has 0 spiro atoms. The molecule has 0 amide bonds. The summed E-state index contributed by atoms with van der Waals surface area (Å²) in [5.74, 6) is 0. The van der Waals surface area contributed by atoms with Crippen molar-refractivity contribution in [3.8, 4) is 0 Å². The van der Waals surface area contributed by atoms with E-state index in [0.29, 0.717) is 6.42 Å². The van der Waals surface area contributed by atoms with Gasteiger partial charge in [0.15, 0.2) is 8.32 Å². The van der Waals surface area contributed by atoms with Gasteiger partial charge in [-0.15, -0.1) is 0 Å². The summed E-state index contributed by atoms with van der Waals surface area (Å²) in [6.07, 6.45) is 4.48. The molecule has 0 aliphatic heterocycles. The van der Waals surface area contributed by atoms with Crippen LogP contribution in [0.4, 0.5) is 0 Å². The Morgan fingerprint density at radius 1 is 1.04 bits per heavy atom. The Balaban J connectivity index is 2.28. The molecule has 0 heterocycles. The van der Waals surface area contributed by atoms with Crippen LogP contribution in [0.15, 0.2) is 71.9 Å². The molecule has 148 valence electrons. The quantitative estimate of drug-likeness (QED) is 0.198. The summed E-state index contributed by atoms with van der Waals surface area (Å²) in [7, 11) is -1.99. The van der Waals surface area contributed by atoms with Crippen molar-refractivity contribution in [1.29, 1.82) is 0 Å². The van der Waals surface area contributed by atoms with Crippen molar-refractivity contribution in [3.63, 3.8) is 0 Å². The summed E-state index contributed by atoms with van der Waals surface area (Å²) < 4.78 is 6.74. The second kappa shape index (κ2) is 9.74. The zero-order valence-electron chi connectivity index (χ0n) is 17.5. The molecule has 2 atom stereocenters. The Labute approximate surface area is 170 Å². The van der Waals surface area contributed by atoms with Gasteiger partial charge in [0.05, 0.1) is 12.1 Å². The van der Waals surface area contributed by atoms with Gasteiger partial charge in [0.1, 0.15) is 0 Å². The highest BCUT2D eigenvalue weighted by Gasteiger charge is 2.39. The van der Waals surface area contributed by atoms with E-state index in [-0.39, 0.29) is 17.2 Å². The number of hydrogen-bond donors (Lipinski definition) is 0. The van der Waals surface area contributed by atoms with Gasteiger partial charge in [0, 0.05) is 4.91 Å². The van der Waals surface area contributed by atoms with Gasteiger partial charge in [-0.05, 0) is 41.2 Å². The fourth-order valence-corrected chi connectivity index (χ4v) is 3.99. The molecule has 2 aromatic rings. The maximum absolute atomic E-state index is 9.07. The van der Waals surface area contributed by atoms with E-state index in [2.05, 4.69) is 56.0 Å². The summed E-state index contributed by atoms with van der Waals surface area (Å²) >= 11 is 0. The molecule has 0 saturated carbocycles. The molecule has 0 aliphatic rings. The number of hydrogen-bond acceptors (Lipinski definition) is 2. The summed E-state index contributed by atoms with van der Waals surface area (Å²) in [5, 5.41) is 4.13. The van der Waals surface area contributed by atoms with Crippen molar-refractivity contribution >= 4 is 14.4 Å². The minimum atomic E-state index is -1.99. The molecule has 0 bridgehead atoms. The Bertz CT molecular complexity index is 807. The molecule has 0 unspecified atom stereocenters. The average molecular weight is 394 g/mol. The number of benzene rings is 2. The highest BCUT2D eigenvalue weighted by Crippen LogP contribution is 2.41. The Hall–Kier alpha value is -2.33. The van der Waals surface area contributed by atoms with Gasteiger partial charge in [0.25, 0.3) is 0 Å². The predicted molar refractivity (Wildman–Crippen MR) is 120 cm³/mol. The molecule has 4 nitrogen and oxygen atoms in total. The van der Waals surface area contributed by atoms with Gasteiger partial charge >= 0.3 is 0 Å².